The third-order valence-corrected chi connectivity index (χ3v) is 4.08. The summed E-state index contributed by atoms with van der Waals surface area (Å²) in [6.45, 7) is 1.93. The van der Waals surface area contributed by atoms with Gasteiger partial charge in [0.05, 0.1) is 6.26 Å². The Hall–Kier alpha value is -0.860. The normalized spacial score (nSPS) is 18.6. The zero-order valence-corrected chi connectivity index (χ0v) is 10.9. The van der Waals surface area contributed by atoms with Crippen LogP contribution in [0.4, 0.5) is 6.01 Å². The zero-order valence-electron chi connectivity index (χ0n) is 9.34. The molecule has 1 aliphatic heterocycles. The van der Waals surface area contributed by atoms with Crippen LogP contribution in [0.2, 0.25) is 0 Å². The summed E-state index contributed by atoms with van der Waals surface area (Å²) in [6.07, 6.45) is 1.21. The van der Waals surface area contributed by atoms with Gasteiger partial charge in [0.15, 0.2) is 0 Å². The average Bonchev–Trinajstić information content (AvgIpc) is 2.76. The summed E-state index contributed by atoms with van der Waals surface area (Å²) < 4.78 is 29.4. The molecule has 0 bridgehead atoms. The van der Waals surface area contributed by atoms with Crippen LogP contribution in [0.3, 0.4) is 0 Å². The smallest absolute Gasteiger partial charge is 0.318 e. The van der Waals surface area contributed by atoms with Crippen molar-refractivity contribution >= 4 is 27.6 Å². The van der Waals surface area contributed by atoms with Gasteiger partial charge in [0.1, 0.15) is 5.88 Å². The number of rotatable bonds is 3. The molecular formula is C8H13ClN4O3S. The molecule has 1 saturated heterocycles. The molecule has 0 aliphatic carbocycles. The van der Waals surface area contributed by atoms with Crippen LogP contribution in [0.1, 0.15) is 5.89 Å². The minimum absolute atomic E-state index is 0.177. The first-order valence-corrected chi connectivity index (χ1v) is 7.47. The summed E-state index contributed by atoms with van der Waals surface area (Å²) in [7, 11) is -3.11. The molecular weight excluding hydrogens is 268 g/mol. The first-order chi connectivity index (χ1) is 8.00. The first kappa shape index (κ1) is 12.6. The van der Waals surface area contributed by atoms with Crippen LogP contribution < -0.4 is 4.90 Å². The van der Waals surface area contributed by atoms with Crippen molar-refractivity contribution in [2.24, 2.45) is 0 Å². The second kappa shape index (κ2) is 4.79. The quantitative estimate of drug-likeness (QED) is 0.719. The van der Waals surface area contributed by atoms with E-state index in [1.807, 2.05) is 4.90 Å². The molecule has 0 atom stereocenters. The van der Waals surface area contributed by atoms with Gasteiger partial charge in [-0.3, -0.25) is 0 Å². The lowest BCUT2D eigenvalue weighted by atomic mass is 10.4. The van der Waals surface area contributed by atoms with E-state index in [1.54, 1.807) is 0 Å². The Morgan fingerprint density at radius 1 is 1.29 bits per heavy atom. The highest BCUT2D eigenvalue weighted by Crippen LogP contribution is 2.16. The highest BCUT2D eigenvalue weighted by atomic mass is 35.5. The number of aromatic nitrogens is 2. The van der Waals surface area contributed by atoms with Gasteiger partial charge < -0.3 is 9.32 Å². The number of piperazine rings is 1. The van der Waals surface area contributed by atoms with Crippen molar-refractivity contribution in [3.8, 4) is 0 Å². The van der Waals surface area contributed by atoms with Crippen LogP contribution in [0.15, 0.2) is 4.42 Å². The molecule has 0 saturated carbocycles. The minimum Gasteiger partial charge on any atom is -0.407 e. The molecule has 0 aromatic carbocycles. The van der Waals surface area contributed by atoms with E-state index in [2.05, 4.69) is 10.2 Å². The fourth-order valence-corrected chi connectivity index (χ4v) is 2.57. The summed E-state index contributed by atoms with van der Waals surface area (Å²) in [4.78, 5) is 1.85. The molecule has 17 heavy (non-hydrogen) atoms. The summed E-state index contributed by atoms with van der Waals surface area (Å²) >= 11 is 5.56. The summed E-state index contributed by atoms with van der Waals surface area (Å²) in [5.74, 6) is 0.545. The molecule has 7 nitrogen and oxygen atoms in total. The highest BCUT2D eigenvalue weighted by Gasteiger charge is 2.25. The molecule has 1 aromatic heterocycles. The third-order valence-electron chi connectivity index (χ3n) is 2.55. The second-order valence-electron chi connectivity index (χ2n) is 3.76. The number of anilines is 1. The van der Waals surface area contributed by atoms with E-state index in [9.17, 15) is 8.42 Å². The minimum atomic E-state index is -3.11. The lowest BCUT2D eigenvalue weighted by Gasteiger charge is -2.31. The third kappa shape index (κ3) is 2.88. The van der Waals surface area contributed by atoms with Gasteiger partial charge in [-0.2, -0.15) is 4.31 Å². The van der Waals surface area contributed by atoms with Crippen molar-refractivity contribution in [3.05, 3.63) is 5.89 Å². The van der Waals surface area contributed by atoms with Crippen molar-refractivity contribution in [2.75, 3.05) is 37.3 Å². The van der Waals surface area contributed by atoms with Gasteiger partial charge in [0.25, 0.3) is 0 Å². The summed E-state index contributed by atoms with van der Waals surface area (Å²) in [5, 5.41) is 7.61. The molecule has 0 amide bonds. The van der Waals surface area contributed by atoms with E-state index < -0.39 is 10.0 Å². The monoisotopic (exact) mass is 280 g/mol. The molecule has 1 aromatic rings. The van der Waals surface area contributed by atoms with Crippen LogP contribution in [-0.4, -0.2) is 55.4 Å². The summed E-state index contributed by atoms with van der Waals surface area (Å²) in [6, 6.07) is 0.397. The maximum atomic E-state index is 11.3. The SMILES string of the molecule is CS(=O)(=O)N1CCN(c2nnc(CCl)o2)CC1. The van der Waals surface area contributed by atoms with Gasteiger partial charge in [-0.05, 0) is 0 Å². The van der Waals surface area contributed by atoms with Crippen molar-refractivity contribution in [2.45, 2.75) is 5.88 Å². The van der Waals surface area contributed by atoms with E-state index in [-0.39, 0.29) is 5.88 Å². The predicted molar refractivity (Wildman–Crippen MR) is 62.5 cm³/mol. The topological polar surface area (TPSA) is 79.5 Å². The Kier molecular flexibility index (Phi) is 3.55. The average molecular weight is 281 g/mol. The standard InChI is InChI=1S/C8H13ClN4O3S/c1-17(14,15)13-4-2-12(3-5-13)8-11-10-7(6-9)16-8/h2-6H2,1H3. The Balaban J connectivity index is 1.99. The number of nitrogens with zero attached hydrogens (tertiary/aromatic N) is 4. The van der Waals surface area contributed by atoms with E-state index in [4.69, 9.17) is 16.0 Å². The van der Waals surface area contributed by atoms with E-state index >= 15 is 0 Å². The fraction of sp³-hybridized carbons (Fsp3) is 0.750. The number of halogens is 1. The molecule has 0 radical (unpaired) electrons. The van der Waals surface area contributed by atoms with E-state index in [1.165, 1.54) is 10.6 Å². The van der Waals surface area contributed by atoms with Crippen LogP contribution in [-0.2, 0) is 15.9 Å². The van der Waals surface area contributed by atoms with Crippen LogP contribution in [0.25, 0.3) is 0 Å². The largest absolute Gasteiger partial charge is 0.407 e. The number of hydrogen-bond acceptors (Lipinski definition) is 6. The highest BCUT2D eigenvalue weighted by molar-refractivity contribution is 7.88. The van der Waals surface area contributed by atoms with Crippen molar-refractivity contribution in [1.29, 1.82) is 0 Å². The lowest BCUT2D eigenvalue weighted by Crippen LogP contribution is -2.48. The Bertz CT molecular complexity index is 481. The van der Waals surface area contributed by atoms with Gasteiger partial charge in [-0.15, -0.1) is 16.7 Å². The number of alkyl halides is 1. The molecule has 2 heterocycles. The van der Waals surface area contributed by atoms with Gasteiger partial charge in [0, 0.05) is 26.2 Å². The lowest BCUT2D eigenvalue weighted by molar-refractivity contribution is 0.372. The molecule has 96 valence electrons. The molecule has 0 N–H and O–H groups in total. The molecule has 9 heteroatoms. The predicted octanol–water partition coefficient (Wildman–Crippen LogP) is -0.110. The maximum absolute atomic E-state index is 11.3. The maximum Gasteiger partial charge on any atom is 0.318 e. The molecule has 0 spiro atoms. The number of hydrogen-bond donors (Lipinski definition) is 0. The van der Waals surface area contributed by atoms with Crippen LogP contribution in [0, 0.1) is 0 Å². The Morgan fingerprint density at radius 3 is 2.41 bits per heavy atom. The first-order valence-electron chi connectivity index (χ1n) is 5.09. The van der Waals surface area contributed by atoms with Gasteiger partial charge >= 0.3 is 6.01 Å². The van der Waals surface area contributed by atoms with E-state index in [0.29, 0.717) is 38.1 Å². The van der Waals surface area contributed by atoms with Crippen LogP contribution >= 0.6 is 11.6 Å². The van der Waals surface area contributed by atoms with E-state index in [0.717, 1.165) is 0 Å². The van der Waals surface area contributed by atoms with Crippen molar-refractivity contribution in [1.82, 2.24) is 14.5 Å². The zero-order chi connectivity index (χ0) is 12.5. The fourth-order valence-electron chi connectivity index (χ4n) is 1.64. The molecule has 1 fully saturated rings. The van der Waals surface area contributed by atoms with Crippen LogP contribution in [0.5, 0.6) is 0 Å². The van der Waals surface area contributed by atoms with Crippen molar-refractivity contribution < 1.29 is 12.8 Å². The molecule has 1 aliphatic rings. The van der Waals surface area contributed by atoms with Gasteiger partial charge in [-0.25, -0.2) is 8.42 Å². The molecule has 2 rings (SSSR count). The Morgan fingerprint density at radius 2 is 1.94 bits per heavy atom. The second-order valence-corrected chi connectivity index (χ2v) is 6.01. The van der Waals surface area contributed by atoms with Crippen molar-refractivity contribution in [3.63, 3.8) is 0 Å². The van der Waals surface area contributed by atoms with Gasteiger partial charge in [0.2, 0.25) is 15.9 Å². The number of sulfonamides is 1. The van der Waals surface area contributed by atoms with Gasteiger partial charge in [-0.1, -0.05) is 5.10 Å². The Labute approximate surface area is 104 Å². The molecule has 0 unspecified atom stereocenters. The summed E-state index contributed by atoms with van der Waals surface area (Å²) in [5.41, 5.74) is 0.